The minimum absolute atomic E-state index is 0. The number of hydrogen-bond acceptors (Lipinski definition) is 5. The summed E-state index contributed by atoms with van der Waals surface area (Å²) in [4.78, 5) is 18.1. The number of hydrogen-bond donors (Lipinski definition) is 0. The molecule has 5 nitrogen and oxygen atoms in total. The third-order valence-electron chi connectivity index (χ3n) is 0.167. The van der Waals surface area contributed by atoms with Crippen LogP contribution in [-0.2, 0) is 4.74 Å². The molecule has 40 valence electrons. The first-order valence-electron chi connectivity index (χ1n) is 1.22. The van der Waals surface area contributed by atoms with E-state index >= 15 is 0 Å². The van der Waals surface area contributed by atoms with Gasteiger partial charge in [-0.15, -0.1) is 0 Å². The van der Waals surface area contributed by atoms with E-state index < -0.39 is 12.3 Å². The van der Waals surface area contributed by atoms with Crippen molar-refractivity contribution in [1.82, 2.24) is 0 Å². The van der Waals surface area contributed by atoms with Gasteiger partial charge >= 0.3 is 138 Å². The van der Waals surface area contributed by atoms with Gasteiger partial charge in [-0.1, -0.05) is 0 Å². The summed E-state index contributed by atoms with van der Waals surface area (Å²) in [6.07, 6.45) is -4.25. The Hall–Kier alpha value is 2.84. The summed E-state index contributed by atoms with van der Waals surface area (Å²) in [7, 11) is 0. The third-order valence-corrected chi connectivity index (χ3v) is 0.167. The molecule has 0 aromatic rings. The van der Waals surface area contributed by atoms with Crippen molar-refractivity contribution in [2.24, 2.45) is 0 Å². The van der Waals surface area contributed by atoms with E-state index in [-0.39, 0.29) is 138 Å². The first-order chi connectivity index (χ1) is 3.13. The predicted octanol–water partition coefficient (Wildman–Crippen LogP) is -8.30. The number of carbonyl (C=O) groups excluding carboxylic acids is 2. The molecule has 0 spiro atoms. The standard InChI is InChI=1S/C2H2O5.2Cs/c3-1(4)7-2(5)6;;/h(H,3,4)(H,5,6);;/q;2*+1/p-2. The van der Waals surface area contributed by atoms with Gasteiger partial charge in [0.15, 0.2) is 0 Å². The smallest absolute Gasteiger partial charge is 0.483 e. The maximum absolute atomic E-state index is 9.06. The molecule has 0 atom stereocenters. The van der Waals surface area contributed by atoms with Gasteiger partial charge in [0.1, 0.15) is 0 Å². The quantitative estimate of drug-likeness (QED) is 0.312. The van der Waals surface area contributed by atoms with Crippen LogP contribution < -0.4 is 148 Å². The fourth-order valence-corrected chi connectivity index (χ4v) is 0.0680. The van der Waals surface area contributed by atoms with Crippen LogP contribution in [0.2, 0.25) is 0 Å². The molecule has 0 aromatic carbocycles. The van der Waals surface area contributed by atoms with Crippen LogP contribution in [0.25, 0.3) is 0 Å². The van der Waals surface area contributed by atoms with Crippen molar-refractivity contribution in [3.8, 4) is 0 Å². The van der Waals surface area contributed by atoms with E-state index in [1.54, 1.807) is 0 Å². The molecule has 9 heavy (non-hydrogen) atoms. The monoisotopic (exact) mass is 370 g/mol. The minimum Gasteiger partial charge on any atom is -0.483 e. The molecule has 0 N–H and O–H groups in total. The zero-order chi connectivity index (χ0) is 5.86. The molecule has 0 aliphatic heterocycles. The summed E-state index contributed by atoms with van der Waals surface area (Å²) in [6, 6.07) is 0. The van der Waals surface area contributed by atoms with Crippen LogP contribution in [0.4, 0.5) is 9.59 Å². The third kappa shape index (κ3) is 18.1. The molecular weight excluding hydrogens is 370 g/mol. The van der Waals surface area contributed by atoms with Gasteiger partial charge in [-0.25, -0.2) is 0 Å². The Balaban J connectivity index is -0.000000180. The van der Waals surface area contributed by atoms with Gasteiger partial charge in [0.2, 0.25) is 0 Å². The summed E-state index contributed by atoms with van der Waals surface area (Å²) in [5, 5.41) is 18.1. The second-order valence-electron chi connectivity index (χ2n) is 0.602. The minimum atomic E-state index is -2.12. The van der Waals surface area contributed by atoms with Crippen LogP contribution in [0.15, 0.2) is 0 Å². The van der Waals surface area contributed by atoms with E-state index in [2.05, 4.69) is 4.74 Å². The summed E-state index contributed by atoms with van der Waals surface area (Å²) in [5.41, 5.74) is 0. The summed E-state index contributed by atoms with van der Waals surface area (Å²) in [6.45, 7) is 0. The Bertz CT molecular complexity index is 89.1. The van der Waals surface area contributed by atoms with Crippen LogP contribution in [0.3, 0.4) is 0 Å². The molecule has 0 aliphatic carbocycles. The molecule has 7 heteroatoms. The molecule has 0 saturated heterocycles. The molecule has 0 fully saturated rings. The van der Waals surface area contributed by atoms with Crippen LogP contribution in [0, 0.1) is 0 Å². The average molecular weight is 370 g/mol. The first kappa shape index (κ1) is 17.8. The van der Waals surface area contributed by atoms with Crippen molar-refractivity contribution < 1.29 is 162 Å². The Morgan fingerprint density at radius 1 is 1.00 bits per heavy atom. The molecule has 0 bridgehead atoms. The van der Waals surface area contributed by atoms with E-state index in [0.717, 1.165) is 0 Å². The molecule has 0 aliphatic rings. The fraction of sp³-hybridized carbons (Fsp3) is 0. The predicted molar refractivity (Wildman–Crippen MR) is 11.9 cm³/mol. The molecule has 0 rings (SSSR count). The van der Waals surface area contributed by atoms with Gasteiger partial charge in [-0.05, 0) is 0 Å². The summed E-state index contributed by atoms with van der Waals surface area (Å²) < 4.78 is 2.86. The second-order valence-corrected chi connectivity index (χ2v) is 0.602. The average Bonchev–Trinajstić information content (AvgIpc) is 1.27. The van der Waals surface area contributed by atoms with Crippen molar-refractivity contribution in [3.63, 3.8) is 0 Å². The topological polar surface area (TPSA) is 89.5 Å². The normalized spacial score (nSPS) is 5.78. The maximum Gasteiger partial charge on any atom is 1.00 e. The van der Waals surface area contributed by atoms with Gasteiger partial charge in [0, 0.05) is 0 Å². The summed E-state index contributed by atoms with van der Waals surface area (Å²) >= 11 is 0. The van der Waals surface area contributed by atoms with Crippen LogP contribution in [0.5, 0.6) is 0 Å². The fourth-order valence-electron chi connectivity index (χ4n) is 0.0680. The second kappa shape index (κ2) is 10.8. The number of ether oxygens (including phenoxy) is 1. The van der Waals surface area contributed by atoms with Crippen molar-refractivity contribution in [3.05, 3.63) is 0 Å². The van der Waals surface area contributed by atoms with Gasteiger partial charge in [0.25, 0.3) is 12.3 Å². The van der Waals surface area contributed by atoms with Crippen LogP contribution in [-0.4, -0.2) is 12.3 Å². The van der Waals surface area contributed by atoms with E-state index in [1.165, 1.54) is 0 Å². The SMILES string of the molecule is O=C([O-])OC(=O)[O-].[Cs+].[Cs+]. The number of carboxylic acid groups (broad SMARTS) is 2. The van der Waals surface area contributed by atoms with E-state index in [1.807, 2.05) is 0 Å². The number of carbonyl (C=O) groups is 2. The van der Waals surface area contributed by atoms with Crippen molar-refractivity contribution in [1.29, 1.82) is 0 Å². The van der Waals surface area contributed by atoms with Gasteiger partial charge < -0.3 is 24.5 Å². The maximum atomic E-state index is 9.06. The summed E-state index contributed by atoms with van der Waals surface area (Å²) in [5.74, 6) is 0. The van der Waals surface area contributed by atoms with E-state index in [0.29, 0.717) is 0 Å². The van der Waals surface area contributed by atoms with Gasteiger partial charge in [-0.3, -0.25) is 0 Å². The van der Waals surface area contributed by atoms with E-state index in [9.17, 15) is 0 Å². The largest absolute Gasteiger partial charge is 1.00 e. The Kier molecular flexibility index (Phi) is 21.5. The van der Waals surface area contributed by atoms with Crippen molar-refractivity contribution >= 4 is 12.3 Å². The molecule has 0 saturated carbocycles. The van der Waals surface area contributed by atoms with Crippen molar-refractivity contribution in [2.45, 2.75) is 0 Å². The molecule has 0 aromatic heterocycles. The number of rotatable bonds is 0. The zero-order valence-electron chi connectivity index (χ0n) is 5.04. The van der Waals surface area contributed by atoms with Gasteiger partial charge in [0.05, 0.1) is 0 Å². The Morgan fingerprint density at radius 3 is 1.22 bits per heavy atom. The molecule has 0 amide bonds. The van der Waals surface area contributed by atoms with Crippen LogP contribution in [0.1, 0.15) is 0 Å². The Morgan fingerprint density at radius 2 is 1.22 bits per heavy atom. The molecule has 0 heterocycles. The van der Waals surface area contributed by atoms with E-state index in [4.69, 9.17) is 19.8 Å². The molecule has 0 radical (unpaired) electrons. The Labute approximate surface area is 169 Å². The first-order valence-corrected chi connectivity index (χ1v) is 1.22. The molecule has 0 unspecified atom stereocenters. The molecular formula is C2Cs2O5. The zero-order valence-corrected chi connectivity index (χ0v) is 17.6. The van der Waals surface area contributed by atoms with Crippen LogP contribution >= 0.6 is 0 Å². The van der Waals surface area contributed by atoms with Crippen molar-refractivity contribution in [2.75, 3.05) is 0 Å². The van der Waals surface area contributed by atoms with Gasteiger partial charge in [-0.2, -0.15) is 0 Å².